The molecule has 0 fully saturated rings. The second-order valence-electron chi connectivity index (χ2n) is 3.09. The van der Waals surface area contributed by atoms with E-state index in [9.17, 15) is 13.2 Å². The minimum atomic E-state index is -3.44. The van der Waals surface area contributed by atoms with Gasteiger partial charge in [0.05, 0.1) is 10.6 Å². The minimum Gasteiger partial charge on any atom is -0.211 e. The van der Waals surface area contributed by atoms with Crippen molar-refractivity contribution in [1.82, 2.24) is 4.72 Å². The number of nitrogens with zero attached hydrogens (tertiary/aromatic N) is 1. The normalized spacial score (nSPS) is 10.8. The predicted molar refractivity (Wildman–Crippen MR) is 59.7 cm³/mol. The molecule has 0 amide bonds. The number of carbonyl (C=O) groups excluding carboxylic acids is 1. The molecule has 1 N–H and O–H groups in total. The van der Waals surface area contributed by atoms with Gasteiger partial charge >= 0.3 is 0 Å². The molecular formula is C10H12N2O3S. The lowest BCUT2D eigenvalue weighted by Gasteiger charge is -2.04. The van der Waals surface area contributed by atoms with Crippen molar-refractivity contribution in [3.05, 3.63) is 24.3 Å². The number of hydrogen-bond acceptors (Lipinski definition) is 4. The van der Waals surface area contributed by atoms with Crippen LogP contribution in [-0.2, 0) is 14.8 Å². The fourth-order valence-electron chi connectivity index (χ4n) is 1.07. The third-order valence-corrected chi connectivity index (χ3v) is 3.34. The molecule has 0 atom stereocenters. The van der Waals surface area contributed by atoms with Crippen LogP contribution in [0.4, 0.5) is 5.69 Å². The van der Waals surface area contributed by atoms with E-state index in [2.05, 4.69) is 9.71 Å². The zero-order chi connectivity index (χ0) is 12.0. The van der Waals surface area contributed by atoms with Crippen molar-refractivity contribution in [2.24, 2.45) is 4.99 Å². The molecule has 0 aromatic heterocycles. The predicted octanol–water partition coefficient (Wildman–Crippen LogP) is 1.34. The van der Waals surface area contributed by atoms with Crippen LogP contribution in [0.15, 0.2) is 34.2 Å². The number of aliphatic imine (C=N–C) groups is 1. The Morgan fingerprint density at radius 1 is 1.31 bits per heavy atom. The zero-order valence-electron chi connectivity index (χ0n) is 8.80. The summed E-state index contributed by atoms with van der Waals surface area (Å²) < 4.78 is 25.7. The molecule has 0 spiro atoms. The maximum absolute atomic E-state index is 11.6. The molecule has 1 aromatic carbocycles. The first kappa shape index (κ1) is 12.6. The number of rotatable bonds is 5. The van der Waals surface area contributed by atoms with Gasteiger partial charge in [-0.1, -0.05) is 6.92 Å². The molecule has 0 aliphatic carbocycles. The standard InChI is InChI=1S/C10H12N2O3S/c1-2-7-12-16(14,15)10-5-3-9(4-6-10)11-8-13/h3-6,12H,2,7H2,1H3. The molecule has 16 heavy (non-hydrogen) atoms. The van der Waals surface area contributed by atoms with Gasteiger partial charge in [0.2, 0.25) is 16.1 Å². The lowest BCUT2D eigenvalue weighted by atomic mass is 10.3. The number of benzene rings is 1. The number of isocyanates is 1. The summed E-state index contributed by atoms with van der Waals surface area (Å²) in [7, 11) is -3.44. The smallest absolute Gasteiger partial charge is 0.211 e. The molecular weight excluding hydrogens is 228 g/mol. The quantitative estimate of drug-likeness (QED) is 0.623. The van der Waals surface area contributed by atoms with E-state index in [1.54, 1.807) is 0 Å². The van der Waals surface area contributed by atoms with Crippen molar-refractivity contribution in [1.29, 1.82) is 0 Å². The van der Waals surface area contributed by atoms with E-state index in [-0.39, 0.29) is 4.90 Å². The highest BCUT2D eigenvalue weighted by Crippen LogP contribution is 2.15. The maximum atomic E-state index is 11.6. The van der Waals surface area contributed by atoms with Crippen molar-refractivity contribution in [3.63, 3.8) is 0 Å². The SMILES string of the molecule is CCCNS(=O)(=O)c1ccc(N=C=O)cc1. The summed E-state index contributed by atoms with van der Waals surface area (Å²) in [5.41, 5.74) is 0.379. The Hall–Kier alpha value is -1.49. The average Bonchev–Trinajstić information content (AvgIpc) is 2.28. The fraction of sp³-hybridized carbons (Fsp3) is 0.300. The topological polar surface area (TPSA) is 75.6 Å². The molecule has 0 heterocycles. The molecule has 0 unspecified atom stereocenters. The van der Waals surface area contributed by atoms with E-state index >= 15 is 0 Å². The first-order valence-corrected chi connectivity index (χ1v) is 6.26. The van der Waals surface area contributed by atoms with E-state index in [4.69, 9.17) is 0 Å². The molecule has 0 bridgehead atoms. The molecule has 6 heteroatoms. The molecule has 5 nitrogen and oxygen atoms in total. The van der Waals surface area contributed by atoms with Gasteiger partial charge in [-0.25, -0.2) is 17.9 Å². The van der Waals surface area contributed by atoms with Crippen molar-refractivity contribution in [2.75, 3.05) is 6.54 Å². The monoisotopic (exact) mass is 240 g/mol. The van der Waals surface area contributed by atoms with Crippen LogP contribution in [0.1, 0.15) is 13.3 Å². The lowest BCUT2D eigenvalue weighted by molar-refractivity contribution is 0.565. The van der Waals surface area contributed by atoms with E-state index in [1.165, 1.54) is 30.3 Å². The van der Waals surface area contributed by atoms with Gasteiger partial charge < -0.3 is 0 Å². The molecule has 1 rings (SSSR count). The van der Waals surface area contributed by atoms with Crippen LogP contribution >= 0.6 is 0 Å². The maximum Gasteiger partial charge on any atom is 0.240 e. The summed E-state index contributed by atoms with van der Waals surface area (Å²) in [6, 6.07) is 5.69. The average molecular weight is 240 g/mol. The Labute approximate surface area is 94.3 Å². The third kappa shape index (κ3) is 3.27. The van der Waals surface area contributed by atoms with Crippen LogP contribution in [0, 0.1) is 0 Å². The van der Waals surface area contributed by atoms with Crippen LogP contribution < -0.4 is 4.72 Å². The van der Waals surface area contributed by atoms with Crippen molar-refractivity contribution >= 4 is 21.8 Å². The largest absolute Gasteiger partial charge is 0.240 e. The van der Waals surface area contributed by atoms with Crippen LogP contribution in [-0.4, -0.2) is 21.0 Å². The van der Waals surface area contributed by atoms with Crippen LogP contribution in [0.25, 0.3) is 0 Å². The summed E-state index contributed by atoms with van der Waals surface area (Å²) in [4.78, 5) is 13.5. The molecule has 0 saturated carbocycles. The van der Waals surface area contributed by atoms with Gasteiger partial charge in [0.1, 0.15) is 0 Å². The second kappa shape index (κ2) is 5.55. The van der Waals surface area contributed by atoms with Gasteiger partial charge in [-0.05, 0) is 30.7 Å². The Morgan fingerprint density at radius 3 is 2.44 bits per heavy atom. The number of hydrogen-bond donors (Lipinski definition) is 1. The third-order valence-electron chi connectivity index (χ3n) is 1.86. The lowest BCUT2D eigenvalue weighted by Crippen LogP contribution is -2.24. The first-order valence-electron chi connectivity index (χ1n) is 4.77. The Kier molecular flexibility index (Phi) is 4.37. The van der Waals surface area contributed by atoms with Gasteiger partial charge in [0.25, 0.3) is 0 Å². The van der Waals surface area contributed by atoms with Crippen molar-refractivity contribution in [3.8, 4) is 0 Å². The molecule has 1 aromatic rings. The number of sulfonamides is 1. The van der Waals surface area contributed by atoms with Crippen molar-refractivity contribution in [2.45, 2.75) is 18.2 Å². The zero-order valence-corrected chi connectivity index (χ0v) is 9.62. The highest BCUT2D eigenvalue weighted by atomic mass is 32.2. The highest BCUT2D eigenvalue weighted by Gasteiger charge is 2.11. The van der Waals surface area contributed by atoms with Gasteiger partial charge in [0, 0.05) is 6.54 Å². The summed E-state index contributed by atoms with van der Waals surface area (Å²) in [5.74, 6) is 0. The molecule has 0 saturated heterocycles. The van der Waals surface area contributed by atoms with E-state index in [0.29, 0.717) is 12.2 Å². The fourth-order valence-corrected chi connectivity index (χ4v) is 2.21. The Balaban J connectivity index is 2.92. The Bertz CT molecular complexity index is 487. The van der Waals surface area contributed by atoms with Gasteiger partial charge in [-0.3, -0.25) is 0 Å². The van der Waals surface area contributed by atoms with Gasteiger partial charge in [0.15, 0.2) is 0 Å². The van der Waals surface area contributed by atoms with Gasteiger partial charge in [-0.2, -0.15) is 4.99 Å². The molecule has 86 valence electrons. The summed E-state index contributed by atoms with van der Waals surface area (Å²) in [6.45, 7) is 2.28. The molecule has 0 aliphatic rings. The molecule has 0 aliphatic heterocycles. The molecule has 0 radical (unpaired) electrons. The highest BCUT2D eigenvalue weighted by molar-refractivity contribution is 7.89. The summed E-state index contributed by atoms with van der Waals surface area (Å²) in [6.07, 6.45) is 2.12. The Morgan fingerprint density at radius 2 is 1.94 bits per heavy atom. The van der Waals surface area contributed by atoms with Crippen LogP contribution in [0.3, 0.4) is 0 Å². The van der Waals surface area contributed by atoms with Crippen molar-refractivity contribution < 1.29 is 13.2 Å². The first-order chi connectivity index (χ1) is 7.60. The van der Waals surface area contributed by atoms with E-state index < -0.39 is 10.0 Å². The van der Waals surface area contributed by atoms with Crippen LogP contribution in [0.5, 0.6) is 0 Å². The van der Waals surface area contributed by atoms with E-state index in [0.717, 1.165) is 6.42 Å². The van der Waals surface area contributed by atoms with E-state index in [1.807, 2.05) is 6.92 Å². The summed E-state index contributed by atoms with van der Waals surface area (Å²) >= 11 is 0. The number of nitrogens with one attached hydrogen (secondary N) is 1. The summed E-state index contributed by atoms with van der Waals surface area (Å²) in [5, 5.41) is 0. The second-order valence-corrected chi connectivity index (χ2v) is 4.86. The van der Waals surface area contributed by atoms with Crippen LogP contribution in [0.2, 0.25) is 0 Å². The van der Waals surface area contributed by atoms with Gasteiger partial charge in [-0.15, -0.1) is 0 Å². The minimum absolute atomic E-state index is 0.158.